The van der Waals surface area contributed by atoms with Crippen molar-refractivity contribution in [1.82, 2.24) is 10.2 Å². The first-order chi connectivity index (χ1) is 15.9. The topological polar surface area (TPSA) is 105 Å². The highest BCUT2D eigenvalue weighted by Crippen LogP contribution is 2.44. The molecule has 8 nitrogen and oxygen atoms in total. The number of ether oxygens (including phenoxy) is 2. The van der Waals surface area contributed by atoms with Gasteiger partial charge < -0.3 is 24.8 Å². The maximum atomic E-state index is 12.3. The van der Waals surface area contributed by atoms with E-state index in [4.69, 9.17) is 14.6 Å². The third kappa shape index (κ3) is 6.32. The van der Waals surface area contributed by atoms with E-state index in [1.165, 1.54) is 12.0 Å². The second-order valence-electron chi connectivity index (χ2n) is 8.08. The van der Waals surface area contributed by atoms with Crippen LogP contribution in [0, 0.1) is 0 Å². The van der Waals surface area contributed by atoms with Crippen LogP contribution in [0.4, 0.5) is 4.79 Å². The summed E-state index contributed by atoms with van der Waals surface area (Å²) in [7, 11) is 3.09. The van der Waals surface area contributed by atoms with Gasteiger partial charge in [0, 0.05) is 39.6 Å². The van der Waals surface area contributed by atoms with Crippen molar-refractivity contribution in [3.8, 4) is 11.1 Å². The number of carbonyl (C=O) groups is 3. The number of alkyl carbamates (subject to hydrolysis) is 1. The first-order valence-electron chi connectivity index (χ1n) is 11.0. The summed E-state index contributed by atoms with van der Waals surface area (Å²) in [5.74, 6) is -1.10. The highest BCUT2D eigenvalue weighted by atomic mass is 16.5. The van der Waals surface area contributed by atoms with Crippen molar-refractivity contribution < 1.29 is 29.0 Å². The molecule has 3 rings (SSSR count). The summed E-state index contributed by atoms with van der Waals surface area (Å²) >= 11 is 0. The Morgan fingerprint density at radius 3 is 2.24 bits per heavy atom. The lowest BCUT2D eigenvalue weighted by molar-refractivity contribution is -0.138. The summed E-state index contributed by atoms with van der Waals surface area (Å²) in [6, 6.07) is 16.2. The molecule has 0 radical (unpaired) electrons. The molecule has 33 heavy (non-hydrogen) atoms. The van der Waals surface area contributed by atoms with Gasteiger partial charge in [0.2, 0.25) is 5.91 Å². The standard InChI is InChI=1S/C25H30N2O6/c1-27(13-7-12-24(29)30)23(28)14-17(32-2)15-26-25(31)33-16-22-20-10-5-3-8-18(20)19-9-4-6-11-21(19)22/h3-6,8-11,17,22H,7,12-16H2,1-2H3,(H,26,31)(H,29,30). The molecule has 0 heterocycles. The lowest BCUT2D eigenvalue weighted by Gasteiger charge is -2.21. The molecule has 8 heteroatoms. The van der Waals surface area contributed by atoms with E-state index < -0.39 is 18.2 Å². The van der Waals surface area contributed by atoms with Gasteiger partial charge in [-0.05, 0) is 28.7 Å². The number of fused-ring (bicyclic) bond motifs is 3. The van der Waals surface area contributed by atoms with Gasteiger partial charge in [-0.25, -0.2) is 4.79 Å². The van der Waals surface area contributed by atoms with Crippen LogP contribution in [0.15, 0.2) is 48.5 Å². The van der Waals surface area contributed by atoms with Crippen molar-refractivity contribution >= 4 is 18.0 Å². The van der Waals surface area contributed by atoms with Crippen LogP contribution in [0.1, 0.15) is 36.3 Å². The average Bonchev–Trinajstić information content (AvgIpc) is 3.13. The van der Waals surface area contributed by atoms with Crippen molar-refractivity contribution in [1.29, 1.82) is 0 Å². The van der Waals surface area contributed by atoms with Gasteiger partial charge in [0.25, 0.3) is 0 Å². The van der Waals surface area contributed by atoms with E-state index in [0.29, 0.717) is 13.0 Å². The summed E-state index contributed by atoms with van der Waals surface area (Å²) in [4.78, 5) is 36.7. The second-order valence-corrected chi connectivity index (χ2v) is 8.08. The van der Waals surface area contributed by atoms with Gasteiger partial charge >= 0.3 is 12.1 Å². The third-order valence-corrected chi connectivity index (χ3v) is 5.86. The van der Waals surface area contributed by atoms with Crippen molar-refractivity contribution in [3.63, 3.8) is 0 Å². The fourth-order valence-electron chi connectivity index (χ4n) is 4.03. The molecule has 0 saturated heterocycles. The predicted octanol–water partition coefficient (Wildman–Crippen LogP) is 3.25. The van der Waals surface area contributed by atoms with Crippen LogP contribution in [-0.4, -0.2) is 67.9 Å². The smallest absolute Gasteiger partial charge is 0.407 e. The first kappa shape index (κ1) is 24.3. The predicted molar refractivity (Wildman–Crippen MR) is 123 cm³/mol. The van der Waals surface area contributed by atoms with Gasteiger partial charge in [0.1, 0.15) is 6.61 Å². The number of amides is 2. The molecule has 2 amide bonds. The second kappa shape index (κ2) is 11.5. The van der Waals surface area contributed by atoms with Gasteiger partial charge in [0.05, 0.1) is 12.5 Å². The molecule has 0 fully saturated rings. The number of benzene rings is 2. The van der Waals surface area contributed by atoms with Crippen molar-refractivity contribution in [2.45, 2.75) is 31.3 Å². The van der Waals surface area contributed by atoms with Crippen molar-refractivity contribution in [2.24, 2.45) is 0 Å². The van der Waals surface area contributed by atoms with Crippen LogP contribution < -0.4 is 5.32 Å². The number of carbonyl (C=O) groups excluding carboxylic acids is 2. The van der Waals surface area contributed by atoms with E-state index in [9.17, 15) is 14.4 Å². The van der Waals surface area contributed by atoms with E-state index >= 15 is 0 Å². The summed E-state index contributed by atoms with van der Waals surface area (Å²) in [5.41, 5.74) is 4.59. The number of carboxylic acid groups (broad SMARTS) is 1. The molecule has 2 aromatic carbocycles. The number of hydrogen-bond donors (Lipinski definition) is 2. The van der Waals surface area contributed by atoms with E-state index in [2.05, 4.69) is 29.6 Å². The zero-order valence-electron chi connectivity index (χ0n) is 19.0. The number of rotatable bonds is 11. The maximum Gasteiger partial charge on any atom is 0.407 e. The van der Waals surface area contributed by atoms with Crippen LogP contribution in [0.2, 0.25) is 0 Å². The molecule has 1 atom stereocenters. The van der Waals surface area contributed by atoms with E-state index in [1.54, 1.807) is 7.05 Å². The fourth-order valence-corrected chi connectivity index (χ4v) is 4.03. The third-order valence-electron chi connectivity index (χ3n) is 5.86. The molecule has 0 saturated carbocycles. The summed E-state index contributed by atoms with van der Waals surface area (Å²) in [6.07, 6.45) is -0.618. The fraction of sp³-hybridized carbons (Fsp3) is 0.400. The van der Waals surface area contributed by atoms with Crippen LogP contribution in [0.5, 0.6) is 0 Å². The molecule has 1 unspecified atom stereocenters. The van der Waals surface area contributed by atoms with Crippen LogP contribution in [0.3, 0.4) is 0 Å². The number of nitrogens with zero attached hydrogens (tertiary/aromatic N) is 1. The molecule has 0 aliphatic heterocycles. The van der Waals surface area contributed by atoms with Gasteiger partial charge in [-0.2, -0.15) is 0 Å². The van der Waals surface area contributed by atoms with Gasteiger partial charge in [-0.1, -0.05) is 48.5 Å². The van der Waals surface area contributed by atoms with Crippen LogP contribution in [-0.2, 0) is 19.1 Å². The van der Waals surface area contributed by atoms with Gasteiger partial charge in [0.15, 0.2) is 0 Å². The van der Waals surface area contributed by atoms with E-state index in [-0.39, 0.29) is 37.8 Å². The molecular formula is C25H30N2O6. The summed E-state index contributed by atoms with van der Waals surface area (Å²) in [6.45, 7) is 0.687. The normalized spacial score (nSPS) is 13.0. The number of carboxylic acids is 1. The SMILES string of the molecule is COC(CNC(=O)OCC1c2ccccc2-c2ccccc21)CC(=O)N(C)CCCC(=O)O. The maximum absolute atomic E-state index is 12.3. The van der Waals surface area contributed by atoms with Gasteiger partial charge in [-0.3, -0.25) is 9.59 Å². The Morgan fingerprint density at radius 2 is 1.67 bits per heavy atom. The zero-order chi connectivity index (χ0) is 23.8. The van der Waals surface area contributed by atoms with E-state index in [0.717, 1.165) is 22.3 Å². The molecule has 2 N–H and O–H groups in total. The van der Waals surface area contributed by atoms with Crippen LogP contribution >= 0.6 is 0 Å². The van der Waals surface area contributed by atoms with Gasteiger partial charge in [-0.15, -0.1) is 0 Å². The minimum Gasteiger partial charge on any atom is -0.481 e. The number of hydrogen-bond acceptors (Lipinski definition) is 5. The molecule has 0 bridgehead atoms. The molecule has 1 aliphatic carbocycles. The lowest BCUT2D eigenvalue weighted by atomic mass is 9.98. The Bertz CT molecular complexity index is 947. The first-order valence-corrected chi connectivity index (χ1v) is 11.0. The Morgan fingerprint density at radius 1 is 1.06 bits per heavy atom. The number of nitrogens with one attached hydrogen (secondary N) is 1. The molecule has 1 aliphatic rings. The number of aliphatic carboxylic acids is 1. The number of methoxy groups -OCH3 is 1. The highest BCUT2D eigenvalue weighted by Gasteiger charge is 2.29. The van der Waals surface area contributed by atoms with Crippen molar-refractivity contribution in [3.05, 3.63) is 59.7 Å². The molecule has 0 spiro atoms. The van der Waals surface area contributed by atoms with Crippen molar-refractivity contribution in [2.75, 3.05) is 33.9 Å². The highest BCUT2D eigenvalue weighted by molar-refractivity contribution is 5.79. The minimum atomic E-state index is -0.891. The Kier molecular flexibility index (Phi) is 8.43. The van der Waals surface area contributed by atoms with E-state index in [1.807, 2.05) is 24.3 Å². The molecule has 2 aromatic rings. The molecular weight excluding hydrogens is 424 g/mol. The summed E-state index contributed by atoms with van der Waals surface area (Å²) < 4.78 is 10.8. The summed E-state index contributed by atoms with van der Waals surface area (Å²) in [5, 5.41) is 11.4. The minimum absolute atomic E-state index is 0.00860. The largest absolute Gasteiger partial charge is 0.481 e. The Balaban J connectivity index is 1.47. The molecule has 0 aromatic heterocycles. The average molecular weight is 455 g/mol. The Labute approximate surface area is 193 Å². The molecule has 176 valence electrons. The zero-order valence-corrected chi connectivity index (χ0v) is 19.0. The lowest BCUT2D eigenvalue weighted by Crippen LogP contribution is -2.38. The quantitative estimate of drug-likeness (QED) is 0.540. The monoisotopic (exact) mass is 454 g/mol. The Hall–Kier alpha value is -3.39. The van der Waals surface area contributed by atoms with Crippen LogP contribution in [0.25, 0.3) is 11.1 Å².